The van der Waals surface area contributed by atoms with Gasteiger partial charge >= 0.3 is 6.18 Å². The number of ether oxygens (including phenoxy) is 1. The number of rotatable bonds is 5. The summed E-state index contributed by atoms with van der Waals surface area (Å²) in [5, 5.41) is 5.89. The molecule has 0 saturated carbocycles. The molecule has 1 aromatic heterocycles. The highest BCUT2D eigenvalue weighted by atomic mass is 32.1. The first-order valence-electron chi connectivity index (χ1n) is 7.69. The summed E-state index contributed by atoms with van der Waals surface area (Å²) in [4.78, 5) is 6.76. The van der Waals surface area contributed by atoms with Crippen LogP contribution in [0.15, 0.2) is 29.6 Å². The summed E-state index contributed by atoms with van der Waals surface area (Å²) in [6.07, 6.45) is -4.31. The zero-order valence-corrected chi connectivity index (χ0v) is 13.8. The number of hydrogen-bond donors (Lipinski definition) is 1. The molecule has 1 aliphatic rings. The van der Waals surface area contributed by atoms with Crippen LogP contribution in [-0.4, -0.2) is 49.3 Å². The van der Waals surface area contributed by atoms with E-state index in [1.54, 1.807) is 0 Å². The van der Waals surface area contributed by atoms with Crippen LogP contribution in [0.2, 0.25) is 0 Å². The summed E-state index contributed by atoms with van der Waals surface area (Å²) in [5.74, 6) is 0. The molecule has 130 valence electrons. The van der Waals surface area contributed by atoms with Gasteiger partial charge in [-0.2, -0.15) is 13.2 Å². The van der Waals surface area contributed by atoms with E-state index in [4.69, 9.17) is 4.74 Å². The molecule has 0 bridgehead atoms. The van der Waals surface area contributed by atoms with Crippen LogP contribution in [-0.2, 0) is 10.9 Å². The summed E-state index contributed by atoms with van der Waals surface area (Å²) >= 11 is 1.45. The summed E-state index contributed by atoms with van der Waals surface area (Å²) in [5.41, 5.74) is 0.716. The molecule has 0 radical (unpaired) electrons. The van der Waals surface area contributed by atoms with Crippen molar-refractivity contribution in [1.82, 2.24) is 9.88 Å². The summed E-state index contributed by atoms with van der Waals surface area (Å²) in [6.45, 7) is 5.12. The van der Waals surface area contributed by atoms with Gasteiger partial charge in [-0.3, -0.25) is 4.90 Å². The number of benzene rings is 1. The van der Waals surface area contributed by atoms with Crippen molar-refractivity contribution >= 4 is 16.5 Å². The van der Waals surface area contributed by atoms with Crippen molar-refractivity contribution in [2.24, 2.45) is 0 Å². The van der Waals surface area contributed by atoms with Gasteiger partial charge in [0.05, 0.1) is 24.5 Å². The second-order valence-corrected chi connectivity index (χ2v) is 6.35. The van der Waals surface area contributed by atoms with Gasteiger partial charge in [-0.15, -0.1) is 11.3 Å². The number of halogens is 3. The molecule has 0 atom stereocenters. The molecule has 4 nitrogen and oxygen atoms in total. The number of nitrogens with one attached hydrogen (secondary N) is 1. The van der Waals surface area contributed by atoms with E-state index < -0.39 is 11.7 Å². The lowest BCUT2D eigenvalue weighted by atomic mass is 10.1. The second-order valence-electron chi connectivity index (χ2n) is 5.49. The molecule has 1 aromatic carbocycles. The molecule has 1 fully saturated rings. The summed E-state index contributed by atoms with van der Waals surface area (Å²) in [7, 11) is 0. The monoisotopic (exact) mass is 357 g/mol. The molecule has 2 aromatic rings. The van der Waals surface area contributed by atoms with E-state index in [0.29, 0.717) is 11.3 Å². The maximum atomic E-state index is 12.6. The molecule has 0 unspecified atom stereocenters. The minimum atomic E-state index is -4.31. The van der Waals surface area contributed by atoms with Crippen LogP contribution in [0.4, 0.5) is 18.3 Å². The molecule has 24 heavy (non-hydrogen) atoms. The number of anilines is 1. The molecule has 3 rings (SSSR count). The van der Waals surface area contributed by atoms with Gasteiger partial charge in [-0.05, 0) is 12.1 Å². The van der Waals surface area contributed by atoms with Gasteiger partial charge in [0, 0.05) is 37.1 Å². The van der Waals surface area contributed by atoms with Crippen molar-refractivity contribution < 1.29 is 17.9 Å². The van der Waals surface area contributed by atoms with E-state index in [1.165, 1.54) is 23.5 Å². The molecule has 8 heteroatoms. The Morgan fingerprint density at radius 3 is 2.54 bits per heavy atom. The quantitative estimate of drug-likeness (QED) is 0.888. The van der Waals surface area contributed by atoms with E-state index >= 15 is 0 Å². The minimum Gasteiger partial charge on any atom is -0.379 e. The standard InChI is InChI=1S/C16H18F3N3OS/c17-16(18,19)13-3-1-12(2-4-13)14-11-24-15(21-14)20-5-6-22-7-9-23-10-8-22/h1-4,11H,5-10H2,(H,20,21). The van der Waals surface area contributed by atoms with Crippen molar-refractivity contribution in [2.75, 3.05) is 44.7 Å². The lowest BCUT2D eigenvalue weighted by Crippen LogP contribution is -2.38. The number of nitrogens with zero attached hydrogens (tertiary/aromatic N) is 2. The molecule has 1 N–H and O–H groups in total. The number of morpholine rings is 1. The lowest BCUT2D eigenvalue weighted by molar-refractivity contribution is -0.137. The van der Waals surface area contributed by atoms with Crippen molar-refractivity contribution in [3.63, 3.8) is 0 Å². The van der Waals surface area contributed by atoms with E-state index in [2.05, 4.69) is 15.2 Å². The first-order chi connectivity index (χ1) is 11.5. The van der Waals surface area contributed by atoms with Gasteiger partial charge < -0.3 is 10.1 Å². The van der Waals surface area contributed by atoms with Crippen molar-refractivity contribution in [2.45, 2.75) is 6.18 Å². The third kappa shape index (κ3) is 4.46. The zero-order valence-electron chi connectivity index (χ0n) is 13.0. The van der Waals surface area contributed by atoms with E-state index in [9.17, 15) is 13.2 Å². The summed E-state index contributed by atoms with van der Waals surface area (Å²) in [6, 6.07) is 5.07. The van der Waals surface area contributed by atoms with Gasteiger partial charge in [0.15, 0.2) is 5.13 Å². The average Bonchev–Trinajstić information content (AvgIpc) is 3.04. The first-order valence-corrected chi connectivity index (χ1v) is 8.57. The van der Waals surface area contributed by atoms with Crippen molar-refractivity contribution in [3.05, 3.63) is 35.2 Å². The van der Waals surface area contributed by atoms with E-state index in [-0.39, 0.29) is 0 Å². The van der Waals surface area contributed by atoms with Gasteiger partial charge in [0.1, 0.15) is 0 Å². The fourth-order valence-corrected chi connectivity index (χ4v) is 3.21. The number of aromatic nitrogens is 1. The molecular weight excluding hydrogens is 339 g/mol. The SMILES string of the molecule is FC(F)(F)c1ccc(-c2csc(NCCN3CCOCC3)n2)cc1. The first kappa shape index (κ1) is 17.2. The van der Waals surface area contributed by atoms with Gasteiger partial charge in [-0.1, -0.05) is 12.1 Å². The maximum Gasteiger partial charge on any atom is 0.416 e. The normalized spacial score (nSPS) is 16.3. The highest BCUT2D eigenvalue weighted by Gasteiger charge is 2.30. The lowest BCUT2D eigenvalue weighted by Gasteiger charge is -2.26. The van der Waals surface area contributed by atoms with Gasteiger partial charge in [0.2, 0.25) is 0 Å². The molecule has 1 saturated heterocycles. The fourth-order valence-electron chi connectivity index (χ4n) is 2.46. The van der Waals surface area contributed by atoms with Gasteiger partial charge in [0.25, 0.3) is 0 Å². The van der Waals surface area contributed by atoms with Gasteiger partial charge in [-0.25, -0.2) is 4.98 Å². The zero-order chi connectivity index (χ0) is 17.0. The highest BCUT2D eigenvalue weighted by molar-refractivity contribution is 7.14. The Kier molecular flexibility index (Phi) is 5.37. The molecule has 0 spiro atoms. The molecule has 1 aliphatic heterocycles. The topological polar surface area (TPSA) is 37.4 Å². The molecule has 2 heterocycles. The van der Waals surface area contributed by atoms with Crippen LogP contribution in [0.25, 0.3) is 11.3 Å². The predicted octanol–water partition coefficient (Wildman–Crippen LogP) is 3.57. The van der Waals surface area contributed by atoms with Crippen LogP contribution in [0.3, 0.4) is 0 Å². The molecular formula is C16H18F3N3OS. The molecule has 0 aliphatic carbocycles. The minimum absolute atomic E-state index is 0.648. The number of alkyl halides is 3. The highest BCUT2D eigenvalue weighted by Crippen LogP contribution is 2.31. The Labute approximate surface area is 142 Å². The Bertz CT molecular complexity index is 651. The third-order valence-electron chi connectivity index (χ3n) is 3.82. The fraction of sp³-hybridized carbons (Fsp3) is 0.438. The van der Waals surface area contributed by atoms with Crippen molar-refractivity contribution in [3.8, 4) is 11.3 Å². The summed E-state index contributed by atoms with van der Waals surface area (Å²) < 4.78 is 43.1. The van der Waals surface area contributed by atoms with Crippen LogP contribution < -0.4 is 5.32 Å². The molecule has 0 amide bonds. The van der Waals surface area contributed by atoms with E-state index in [1.807, 2.05) is 5.38 Å². The number of thiazole rings is 1. The Morgan fingerprint density at radius 2 is 1.88 bits per heavy atom. The Morgan fingerprint density at radius 1 is 1.17 bits per heavy atom. The average molecular weight is 357 g/mol. The van der Waals surface area contributed by atoms with Crippen LogP contribution in [0, 0.1) is 0 Å². The smallest absolute Gasteiger partial charge is 0.379 e. The van der Waals surface area contributed by atoms with Crippen molar-refractivity contribution in [1.29, 1.82) is 0 Å². The Hall–Kier alpha value is -1.64. The van der Waals surface area contributed by atoms with Crippen LogP contribution >= 0.6 is 11.3 Å². The largest absolute Gasteiger partial charge is 0.416 e. The third-order valence-corrected chi connectivity index (χ3v) is 4.62. The second kappa shape index (κ2) is 7.50. The van der Waals surface area contributed by atoms with E-state index in [0.717, 1.165) is 56.7 Å². The predicted molar refractivity (Wildman–Crippen MR) is 88.3 cm³/mol. The Balaban J connectivity index is 1.55. The maximum absolute atomic E-state index is 12.6. The number of hydrogen-bond acceptors (Lipinski definition) is 5. The van der Waals surface area contributed by atoms with Crippen LogP contribution in [0.5, 0.6) is 0 Å². The van der Waals surface area contributed by atoms with Crippen LogP contribution in [0.1, 0.15) is 5.56 Å².